The van der Waals surface area contributed by atoms with E-state index in [0.717, 1.165) is 36.8 Å². The normalized spacial score (nSPS) is 20.3. The van der Waals surface area contributed by atoms with Crippen molar-refractivity contribution in [2.75, 3.05) is 13.1 Å². The van der Waals surface area contributed by atoms with Crippen molar-refractivity contribution in [3.8, 4) is 0 Å². The summed E-state index contributed by atoms with van der Waals surface area (Å²) in [6.07, 6.45) is 3.64. The number of piperidine rings is 1. The molecule has 2 aliphatic rings. The first-order chi connectivity index (χ1) is 13.9. The number of rotatable bonds is 3. The third kappa shape index (κ3) is 3.83. The average molecular weight is 413 g/mol. The summed E-state index contributed by atoms with van der Waals surface area (Å²) in [4.78, 5) is 15.3. The maximum atomic E-state index is 13.3. The summed E-state index contributed by atoms with van der Waals surface area (Å²) in [6, 6.07) is 13.1. The SMILES string of the molecule is Cc1ccc(S(=O)(=O)N2CCCCC2C)cc1C(=O)N1CCc2ccccc2C1. The van der Waals surface area contributed by atoms with Crippen LogP contribution in [0.2, 0.25) is 0 Å². The third-order valence-corrected chi connectivity index (χ3v) is 8.22. The first kappa shape index (κ1) is 20.1. The minimum atomic E-state index is -3.60. The largest absolute Gasteiger partial charge is 0.334 e. The van der Waals surface area contributed by atoms with E-state index in [1.54, 1.807) is 22.5 Å². The molecule has 1 amide bonds. The number of amides is 1. The van der Waals surface area contributed by atoms with Crippen molar-refractivity contribution in [2.24, 2.45) is 0 Å². The molecule has 1 unspecified atom stereocenters. The molecule has 0 spiro atoms. The first-order valence-electron chi connectivity index (χ1n) is 10.4. The summed E-state index contributed by atoms with van der Waals surface area (Å²) in [5.74, 6) is -0.0965. The molecule has 1 saturated heterocycles. The first-order valence-corrected chi connectivity index (χ1v) is 11.8. The van der Waals surface area contributed by atoms with Crippen molar-refractivity contribution in [1.82, 2.24) is 9.21 Å². The average Bonchev–Trinajstić information content (AvgIpc) is 2.73. The Hall–Kier alpha value is -2.18. The molecule has 2 aliphatic heterocycles. The van der Waals surface area contributed by atoms with Crippen molar-refractivity contribution >= 4 is 15.9 Å². The standard InChI is InChI=1S/C23H28N2O3S/c1-17-10-11-21(29(27,28)25-13-6-5-7-18(25)2)15-22(17)23(26)24-14-12-19-8-3-4-9-20(19)16-24/h3-4,8-11,15,18H,5-7,12-14,16H2,1-2H3. The molecule has 2 heterocycles. The summed E-state index contributed by atoms with van der Waals surface area (Å²) in [6.45, 7) is 5.58. The second-order valence-corrected chi connectivity index (χ2v) is 10.1. The van der Waals surface area contributed by atoms with Crippen molar-refractivity contribution in [3.05, 3.63) is 64.7 Å². The van der Waals surface area contributed by atoms with Crippen LogP contribution in [0, 0.1) is 6.92 Å². The quantitative estimate of drug-likeness (QED) is 0.771. The van der Waals surface area contributed by atoms with E-state index in [9.17, 15) is 13.2 Å². The van der Waals surface area contributed by atoms with Crippen LogP contribution in [0.15, 0.2) is 47.4 Å². The number of sulfonamides is 1. The Kier molecular flexibility index (Phi) is 5.49. The third-order valence-electron chi connectivity index (χ3n) is 6.21. The fourth-order valence-electron chi connectivity index (χ4n) is 4.40. The Morgan fingerprint density at radius 3 is 2.55 bits per heavy atom. The number of hydrogen-bond acceptors (Lipinski definition) is 3. The van der Waals surface area contributed by atoms with Gasteiger partial charge in [-0.2, -0.15) is 4.31 Å². The van der Waals surface area contributed by atoms with E-state index in [0.29, 0.717) is 25.2 Å². The van der Waals surface area contributed by atoms with Gasteiger partial charge in [-0.25, -0.2) is 8.42 Å². The van der Waals surface area contributed by atoms with Gasteiger partial charge in [-0.1, -0.05) is 36.8 Å². The monoisotopic (exact) mass is 412 g/mol. The van der Waals surface area contributed by atoms with Gasteiger partial charge in [0.2, 0.25) is 10.0 Å². The summed E-state index contributed by atoms with van der Waals surface area (Å²) in [7, 11) is -3.60. The lowest BCUT2D eigenvalue weighted by molar-refractivity contribution is 0.0733. The predicted molar refractivity (Wildman–Crippen MR) is 113 cm³/mol. The number of carbonyl (C=O) groups excluding carboxylic acids is 1. The van der Waals surface area contributed by atoms with Crippen molar-refractivity contribution in [2.45, 2.75) is 57.0 Å². The van der Waals surface area contributed by atoms with E-state index < -0.39 is 10.0 Å². The van der Waals surface area contributed by atoms with Crippen LogP contribution < -0.4 is 0 Å². The van der Waals surface area contributed by atoms with Crippen LogP contribution in [-0.2, 0) is 23.0 Å². The Labute approximate surface area is 173 Å². The highest BCUT2D eigenvalue weighted by Gasteiger charge is 2.32. The van der Waals surface area contributed by atoms with Gasteiger partial charge in [-0.3, -0.25) is 4.79 Å². The Bertz CT molecular complexity index is 1030. The number of fused-ring (bicyclic) bond motifs is 1. The van der Waals surface area contributed by atoms with Crippen LogP contribution in [0.3, 0.4) is 0 Å². The fraction of sp³-hybridized carbons (Fsp3) is 0.435. The lowest BCUT2D eigenvalue weighted by Gasteiger charge is -2.32. The Morgan fingerprint density at radius 2 is 1.79 bits per heavy atom. The lowest BCUT2D eigenvalue weighted by Crippen LogP contribution is -2.42. The number of carbonyl (C=O) groups is 1. The smallest absolute Gasteiger partial charge is 0.254 e. The highest BCUT2D eigenvalue weighted by molar-refractivity contribution is 7.89. The number of hydrogen-bond donors (Lipinski definition) is 0. The molecule has 0 aromatic heterocycles. The van der Waals surface area contributed by atoms with Gasteiger partial charge in [0.15, 0.2) is 0 Å². The molecule has 0 saturated carbocycles. The molecule has 0 radical (unpaired) electrons. The molecule has 0 aliphatic carbocycles. The topological polar surface area (TPSA) is 57.7 Å². The minimum absolute atomic E-state index is 0.00667. The minimum Gasteiger partial charge on any atom is -0.334 e. The Balaban J connectivity index is 1.63. The molecular formula is C23H28N2O3S. The van der Waals surface area contributed by atoms with E-state index in [1.165, 1.54) is 5.56 Å². The molecule has 1 atom stereocenters. The van der Waals surface area contributed by atoms with Crippen LogP contribution in [0.5, 0.6) is 0 Å². The van der Waals surface area contributed by atoms with Gasteiger partial charge in [0.25, 0.3) is 5.91 Å². The second kappa shape index (κ2) is 7.92. The maximum Gasteiger partial charge on any atom is 0.254 e. The highest BCUT2D eigenvalue weighted by Crippen LogP contribution is 2.28. The predicted octanol–water partition coefficient (Wildman–Crippen LogP) is 3.76. The summed E-state index contributed by atoms with van der Waals surface area (Å²) >= 11 is 0. The molecule has 1 fully saturated rings. The van der Waals surface area contributed by atoms with E-state index in [-0.39, 0.29) is 16.8 Å². The van der Waals surface area contributed by atoms with Gasteiger partial charge < -0.3 is 4.90 Å². The van der Waals surface area contributed by atoms with Gasteiger partial charge in [0.1, 0.15) is 0 Å². The van der Waals surface area contributed by atoms with Crippen LogP contribution in [0.4, 0.5) is 0 Å². The van der Waals surface area contributed by atoms with E-state index in [4.69, 9.17) is 0 Å². The zero-order valence-electron chi connectivity index (χ0n) is 17.1. The van der Waals surface area contributed by atoms with Crippen LogP contribution in [0.25, 0.3) is 0 Å². The van der Waals surface area contributed by atoms with Crippen molar-refractivity contribution < 1.29 is 13.2 Å². The molecule has 5 nitrogen and oxygen atoms in total. The summed E-state index contributed by atoms with van der Waals surface area (Å²) in [5, 5.41) is 0. The fourth-order valence-corrected chi connectivity index (χ4v) is 6.12. The zero-order chi connectivity index (χ0) is 20.6. The molecule has 6 heteroatoms. The molecular weight excluding hydrogens is 384 g/mol. The van der Waals surface area contributed by atoms with E-state index >= 15 is 0 Å². The molecule has 2 aromatic rings. The zero-order valence-corrected chi connectivity index (χ0v) is 17.9. The van der Waals surface area contributed by atoms with E-state index in [1.807, 2.05) is 30.9 Å². The molecule has 2 aromatic carbocycles. The van der Waals surface area contributed by atoms with Gasteiger partial charge in [0, 0.05) is 31.2 Å². The van der Waals surface area contributed by atoms with Gasteiger partial charge in [0.05, 0.1) is 4.90 Å². The summed E-state index contributed by atoms with van der Waals surface area (Å²) < 4.78 is 28.0. The van der Waals surface area contributed by atoms with E-state index in [2.05, 4.69) is 12.1 Å². The van der Waals surface area contributed by atoms with Gasteiger partial charge in [-0.05, 0) is 61.9 Å². The second-order valence-electron chi connectivity index (χ2n) is 8.18. The lowest BCUT2D eigenvalue weighted by atomic mass is 9.98. The van der Waals surface area contributed by atoms with Gasteiger partial charge in [-0.15, -0.1) is 0 Å². The van der Waals surface area contributed by atoms with Crippen LogP contribution in [-0.4, -0.2) is 42.7 Å². The van der Waals surface area contributed by atoms with Crippen LogP contribution in [0.1, 0.15) is 53.2 Å². The van der Waals surface area contributed by atoms with Crippen molar-refractivity contribution in [1.29, 1.82) is 0 Å². The molecule has 0 bridgehead atoms. The molecule has 0 N–H and O–H groups in total. The molecule has 4 rings (SSSR count). The number of benzene rings is 2. The number of nitrogens with zero attached hydrogens (tertiary/aromatic N) is 2. The molecule has 29 heavy (non-hydrogen) atoms. The van der Waals surface area contributed by atoms with Crippen molar-refractivity contribution in [3.63, 3.8) is 0 Å². The Morgan fingerprint density at radius 1 is 1.03 bits per heavy atom. The highest BCUT2D eigenvalue weighted by atomic mass is 32.2. The number of aryl methyl sites for hydroxylation is 1. The van der Waals surface area contributed by atoms with Gasteiger partial charge >= 0.3 is 0 Å². The maximum absolute atomic E-state index is 13.3. The summed E-state index contributed by atoms with van der Waals surface area (Å²) in [5.41, 5.74) is 3.73. The molecule has 154 valence electrons. The van der Waals surface area contributed by atoms with Crippen LogP contribution >= 0.6 is 0 Å².